The third-order valence-electron chi connectivity index (χ3n) is 1.71. The summed E-state index contributed by atoms with van der Waals surface area (Å²) in [5.74, 6) is 0. The van der Waals surface area contributed by atoms with E-state index in [4.69, 9.17) is 4.74 Å². The molecule has 1 N–H and O–H groups in total. The number of rotatable bonds is 1. The monoisotopic (exact) mass is 141 g/mol. The summed E-state index contributed by atoms with van der Waals surface area (Å²) < 4.78 is 5.56. The fourth-order valence-corrected chi connectivity index (χ4v) is 1.20. The van der Waals surface area contributed by atoms with Gasteiger partial charge in [0.2, 0.25) is 0 Å². The van der Waals surface area contributed by atoms with Gasteiger partial charge in [0.05, 0.1) is 12.2 Å². The van der Waals surface area contributed by atoms with Crippen LogP contribution in [0.25, 0.3) is 0 Å². The van der Waals surface area contributed by atoms with Gasteiger partial charge in [0, 0.05) is 13.1 Å². The highest BCUT2D eigenvalue weighted by Gasteiger charge is 2.23. The number of morpholine rings is 1. The van der Waals surface area contributed by atoms with Crippen molar-refractivity contribution in [3.8, 4) is 0 Å². The topological polar surface area (TPSA) is 21.3 Å². The molecular weight excluding hydrogens is 126 g/mol. The third kappa shape index (κ3) is 1.82. The average molecular weight is 141 g/mol. The van der Waals surface area contributed by atoms with E-state index in [9.17, 15) is 0 Å². The van der Waals surface area contributed by atoms with Gasteiger partial charge in [-0.3, -0.25) is 0 Å². The molecule has 0 bridgehead atoms. The Morgan fingerprint density at radius 2 is 2.40 bits per heavy atom. The van der Waals surface area contributed by atoms with Crippen molar-refractivity contribution in [1.82, 2.24) is 5.32 Å². The molecule has 0 aromatic carbocycles. The summed E-state index contributed by atoms with van der Waals surface area (Å²) in [4.78, 5) is 0. The van der Waals surface area contributed by atoms with E-state index in [0.29, 0.717) is 0 Å². The number of hydrogen-bond acceptors (Lipinski definition) is 2. The molecule has 1 fully saturated rings. The first kappa shape index (κ1) is 7.76. The largest absolute Gasteiger partial charge is 0.369 e. The second kappa shape index (κ2) is 3.17. The van der Waals surface area contributed by atoms with Gasteiger partial charge in [0.15, 0.2) is 0 Å². The maximum Gasteiger partial charge on any atom is 0.0958 e. The smallest absolute Gasteiger partial charge is 0.0958 e. The van der Waals surface area contributed by atoms with Crippen molar-refractivity contribution < 1.29 is 4.74 Å². The minimum Gasteiger partial charge on any atom is -0.369 e. The molecule has 0 aromatic heterocycles. The van der Waals surface area contributed by atoms with Crippen molar-refractivity contribution >= 4 is 0 Å². The maximum absolute atomic E-state index is 5.56. The molecule has 2 heteroatoms. The van der Waals surface area contributed by atoms with Crippen LogP contribution in [0.2, 0.25) is 0 Å². The standard InChI is InChI=1S/C8H15NO/c1-3-4-8(2)7-9-5-6-10-8/h3-4,9H,5-7H2,1-2H3. The van der Waals surface area contributed by atoms with Crippen molar-refractivity contribution in [2.45, 2.75) is 19.4 Å². The summed E-state index contributed by atoms with van der Waals surface area (Å²) in [6.07, 6.45) is 4.13. The van der Waals surface area contributed by atoms with Crippen molar-refractivity contribution in [2.24, 2.45) is 0 Å². The van der Waals surface area contributed by atoms with E-state index in [1.54, 1.807) is 0 Å². The SMILES string of the molecule is CC=CC1(C)CNCCO1. The normalized spacial score (nSPS) is 35.0. The summed E-state index contributed by atoms with van der Waals surface area (Å²) in [6.45, 7) is 6.84. The lowest BCUT2D eigenvalue weighted by atomic mass is 10.1. The maximum atomic E-state index is 5.56. The summed E-state index contributed by atoms with van der Waals surface area (Å²) in [5.41, 5.74) is -0.0625. The van der Waals surface area contributed by atoms with Gasteiger partial charge in [-0.15, -0.1) is 0 Å². The van der Waals surface area contributed by atoms with Crippen LogP contribution in [0.3, 0.4) is 0 Å². The molecule has 1 aliphatic heterocycles. The number of ether oxygens (including phenoxy) is 1. The quantitative estimate of drug-likeness (QED) is 0.549. The van der Waals surface area contributed by atoms with Gasteiger partial charge in [-0.1, -0.05) is 12.2 Å². The van der Waals surface area contributed by atoms with Crippen molar-refractivity contribution in [2.75, 3.05) is 19.7 Å². The van der Waals surface area contributed by atoms with Crippen molar-refractivity contribution in [1.29, 1.82) is 0 Å². The molecule has 0 aliphatic carbocycles. The lowest BCUT2D eigenvalue weighted by molar-refractivity contribution is -0.0170. The van der Waals surface area contributed by atoms with Gasteiger partial charge in [0.1, 0.15) is 0 Å². The molecule has 1 aliphatic rings. The van der Waals surface area contributed by atoms with Crippen LogP contribution in [0.4, 0.5) is 0 Å². The highest BCUT2D eigenvalue weighted by Crippen LogP contribution is 2.13. The number of nitrogens with one attached hydrogen (secondary N) is 1. The van der Waals surface area contributed by atoms with E-state index in [-0.39, 0.29) is 5.60 Å². The molecule has 2 nitrogen and oxygen atoms in total. The lowest BCUT2D eigenvalue weighted by Crippen LogP contribution is -2.46. The zero-order valence-electron chi connectivity index (χ0n) is 6.68. The second-order valence-corrected chi connectivity index (χ2v) is 2.84. The van der Waals surface area contributed by atoms with E-state index >= 15 is 0 Å². The van der Waals surface area contributed by atoms with Gasteiger partial charge in [-0.2, -0.15) is 0 Å². The Bertz CT molecular complexity index is 125. The Balaban J connectivity index is 2.48. The van der Waals surface area contributed by atoms with Crippen LogP contribution in [0.5, 0.6) is 0 Å². The predicted molar refractivity (Wildman–Crippen MR) is 42.0 cm³/mol. The van der Waals surface area contributed by atoms with Gasteiger partial charge in [0.25, 0.3) is 0 Å². The van der Waals surface area contributed by atoms with E-state index in [1.807, 2.05) is 13.0 Å². The summed E-state index contributed by atoms with van der Waals surface area (Å²) in [6, 6.07) is 0. The Morgan fingerprint density at radius 1 is 1.60 bits per heavy atom. The van der Waals surface area contributed by atoms with Crippen molar-refractivity contribution in [3.63, 3.8) is 0 Å². The van der Waals surface area contributed by atoms with Crippen LogP contribution in [0.15, 0.2) is 12.2 Å². The zero-order valence-corrected chi connectivity index (χ0v) is 6.68. The summed E-state index contributed by atoms with van der Waals surface area (Å²) in [5, 5.41) is 3.28. The van der Waals surface area contributed by atoms with Gasteiger partial charge >= 0.3 is 0 Å². The summed E-state index contributed by atoms with van der Waals surface area (Å²) >= 11 is 0. The first-order chi connectivity index (χ1) is 4.77. The van der Waals surface area contributed by atoms with Crippen LogP contribution < -0.4 is 5.32 Å². The second-order valence-electron chi connectivity index (χ2n) is 2.84. The van der Waals surface area contributed by atoms with Gasteiger partial charge < -0.3 is 10.1 Å². The van der Waals surface area contributed by atoms with Crippen LogP contribution >= 0.6 is 0 Å². The Kier molecular flexibility index (Phi) is 2.46. The molecule has 1 heterocycles. The van der Waals surface area contributed by atoms with E-state index in [2.05, 4.69) is 18.3 Å². The molecule has 1 unspecified atom stereocenters. The van der Waals surface area contributed by atoms with Crippen LogP contribution in [-0.4, -0.2) is 25.3 Å². The fraction of sp³-hybridized carbons (Fsp3) is 0.750. The molecule has 0 saturated carbocycles. The van der Waals surface area contributed by atoms with E-state index in [0.717, 1.165) is 19.7 Å². The molecular formula is C8H15NO. The molecule has 58 valence electrons. The first-order valence-corrected chi connectivity index (χ1v) is 3.75. The molecule has 0 amide bonds. The highest BCUT2D eigenvalue weighted by molar-refractivity contribution is 5.00. The zero-order chi connectivity index (χ0) is 7.45. The van der Waals surface area contributed by atoms with Gasteiger partial charge in [-0.25, -0.2) is 0 Å². The highest BCUT2D eigenvalue weighted by atomic mass is 16.5. The Hall–Kier alpha value is -0.340. The molecule has 10 heavy (non-hydrogen) atoms. The van der Waals surface area contributed by atoms with Crippen molar-refractivity contribution in [3.05, 3.63) is 12.2 Å². The Morgan fingerprint density at radius 3 is 2.90 bits per heavy atom. The minimum atomic E-state index is -0.0625. The fourth-order valence-electron chi connectivity index (χ4n) is 1.20. The lowest BCUT2D eigenvalue weighted by Gasteiger charge is -2.31. The minimum absolute atomic E-state index is 0.0625. The number of hydrogen-bond donors (Lipinski definition) is 1. The predicted octanol–water partition coefficient (Wildman–Crippen LogP) is 0.941. The number of allylic oxidation sites excluding steroid dienone is 1. The molecule has 1 rings (SSSR count). The first-order valence-electron chi connectivity index (χ1n) is 3.75. The third-order valence-corrected chi connectivity index (χ3v) is 1.71. The molecule has 0 spiro atoms. The Labute approximate surface area is 62.3 Å². The summed E-state index contributed by atoms with van der Waals surface area (Å²) in [7, 11) is 0. The molecule has 0 radical (unpaired) electrons. The molecule has 0 aromatic rings. The van der Waals surface area contributed by atoms with Crippen LogP contribution in [0, 0.1) is 0 Å². The van der Waals surface area contributed by atoms with Crippen LogP contribution in [-0.2, 0) is 4.74 Å². The van der Waals surface area contributed by atoms with E-state index in [1.165, 1.54) is 0 Å². The van der Waals surface area contributed by atoms with Crippen LogP contribution in [0.1, 0.15) is 13.8 Å². The van der Waals surface area contributed by atoms with E-state index < -0.39 is 0 Å². The molecule has 1 atom stereocenters. The average Bonchev–Trinajstić information content (AvgIpc) is 1.89. The van der Waals surface area contributed by atoms with Gasteiger partial charge in [-0.05, 0) is 13.8 Å². The molecule has 1 saturated heterocycles.